The van der Waals surface area contributed by atoms with Gasteiger partial charge in [0.2, 0.25) is 5.88 Å². The number of carbonyl (C=O) groups is 1. The zero-order valence-corrected chi connectivity index (χ0v) is 20.6. The Labute approximate surface area is 209 Å². The summed E-state index contributed by atoms with van der Waals surface area (Å²) in [7, 11) is 1.66. The van der Waals surface area contributed by atoms with E-state index in [1.54, 1.807) is 13.2 Å². The van der Waals surface area contributed by atoms with Gasteiger partial charge in [-0.05, 0) is 44.0 Å². The van der Waals surface area contributed by atoms with E-state index in [0.717, 1.165) is 43.6 Å². The molecule has 1 aliphatic carbocycles. The number of rotatable bonds is 10. The van der Waals surface area contributed by atoms with Crippen molar-refractivity contribution in [1.29, 1.82) is 0 Å². The first-order valence-corrected chi connectivity index (χ1v) is 12.2. The van der Waals surface area contributed by atoms with Crippen molar-refractivity contribution < 1.29 is 18.7 Å². The molecule has 1 aromatic carbocycles. The van der Waals surface area contributed by atoms with Crippen molar-refractivity contribution in [1.82, 2.24) is 9.97 Å². The summed E-state index contributed by atoms with van der Waals surface area (Å²) in [6, 6.07) is 10.2. The number of aromatic nitrogens is 2. The molecule has 36 heavy (non-hydrogen) atoms. The second-order valence-electron chi connectivity index (χ2n) is 9.14. The van der Waals surface area contributed by atoms with Gasteiger partial charge in [-0.25, -0.2) is 14.4 Å². The van der Waals surface area contributed by atoms with Gasteiger partial charge >= 0.3 is 0 Å². The largest absolute Gasteiger partial charge is 0.478 e. The van der Waals surface area contributed by atoms with Gasteiger partial charge in [-0.2, -0.15) is 0 Å². The molecule has 4 rings (SSSR count). The molecule has 2 heterocycles. The first-order chi connectivity index (χ1) is 17.3. The van der Waals surface area contributed by atoms with Crippen LogP contribution in [0.5, 0.6) is 5.88 Å². The van der Waals surface area contributed by atoms with E-state index in [0.29, 0.717) is 23.7 Å². The minimum atomic E-state index is -0.787. The van der Waals surface area contributed by atoms with Crippen molar-refractivity contribution in [2.45, 2.75) is 57.2 Å². The van der Waals surface area contributed by atoms with Gasteiger partial charge in [-0.1, -0.05) is 18.9 Å². The molecule has 10 heteroatoms. The fraction of sp³-hybridized carbons (Fsp3) is 0.423. The van der Waals surface area contributed by atoms with Crippen LogP contribution in [0.25, 0.3) is 10.9 Å². The summed E-state index contributed by atoms with van der Waals surface area (Å²) in [6.45, 7) is 2.46. The Kier molecular flexibility index (Phi) is 8.17. The Morgan fingerprint density at radius 2 is 1.94 bits per heavy atom. The second-order valence-corrected chi connectivity index (χ2v) is 9.14. The number of carbonyl (C=O) groups excluding carboxylic acids is 1. The molecule has 0 saturated heterocycles. The van der Waals surface area contributed by atoms with Gasteiger partial charge in [0.25, 0.3) is 5.91 Å². The molecule has 9 nitrogen and oxygen atoms in total. The molecule has 0 radical (unpaired) electrons. The number of hydrogen-bond acceptors (Lipinski definition) is 8. The first kappa shape index (κ1) is 25.6. The zero-order chi connectivity index (χ0) is 25.7. The highest BCUT2D eigenvalue weighted by atomic mass is 19.1. The molecule has 3 unspecified atom stereocenters. The average molecular weight is 497 g/mol. The number of halogens is 1. The molecule has 1 saturated carbocycles. The third kappa shape index (κ3) is 6.19. The minimum absolute atomic E-state index is 0.0322. The minimum Gasteiger partial charge on any atom is -0.478 e. The Bertz CT molecular complexity index is 1220. The van der Waals surface area contributed by atoms with Gasteiger partial charge in [0.1, 0.15) is 5.82 Å². The number of amides is 1. The Balaban J connectivity index is 1.57. The molecule has 0 bridgehead atoms. The molecule has 1 aliphatic rings. The number of benzene rings is 1. The number of nitrogens with zero attached hydrogens (tertiary/aromatic N) is 2. The van der Waals surface area contributed by atoms with Crippen molar-refractivity contribution in [3.05, 3.63) is 47.8 Å². The second kappa shape index (κ2) is 11.5. The van der Waals surface area contributed by atoms with Gasteiger partial charge in [0, 0.05) is 42.8 Å². The third-order valence-corrected chi connectivity index (χ3v) is 6.49. The van der Waals surface area contributed by atoms with E-state index >= 15 is 0 Å². The smallest absolute Gasteiger partial charge is 0.252 e. The van der Waals surface area contributed by atoms with Crippen molar-refractivity contribution >= 4 is 34.1 Å². The topological polar surface area (TPSA) is 137 Å². The number of anilines is 3. The van der Waals surface area contributed by atoms with Crippen LogP contribution < -0.4 is 26.8 Å². The molecule has 3 atom stereocenters. The summed E-state index contributed by atoms with van der Waals surface area (Å²) in [5.41, 5.74) is 13.0. The van der Waals surface area contributed by atoms with Crippen molar-refractivity contribution in [3.63, 3.8) is 0 Å². The lowest BCUT2D eigenvalue weighted by molar-refractivity contribution is 0.0948. The molecule has 0 aliphatic heterocycles. The van der Waals surface area contributed by atoms with Crippen LogP contribution in [0.15, 0.2) is 36.4 Å². The molecule has 6 N–H and O–H groups in total. The van der Waals surface area contributed by atoms with Crippen LogP contribution in [0.4, 0.5) is 21.7 Å². The van der Waals surface area contributed by atoms with E-state index in [1.165, 1.54) is 0 Å². The molecular weight excluding hydrogens is 463 g/mol. The van der Waals surface area contributed by atoms with Gasteiger partial charge in [0.15, 0.2) is 11.6 Å². The summed E-state index contributed by atoms with van der Waals surface area (Å²) >= 11 is 0. The van der Waals surface area contributed by atoms with Crippen LogP contribution >= 0.6 is 0 Å². The molecule has 1 fully saturated rings. The molecular formula is C26H33FN6O3. The zero-order valence-electron chi connectivity index (χ0n) is 20.6. The fourth-order valence-corrected chi connectivity index (χ4v) is 4.23. The summed E-state index contributed by atoms with van der Waals surface area (Å²) in [6.07, 6.45) is 4.60. The maximum absolute atomic E-state index is 14.8. The van der Waals surface area contributed by atoms with E-state index < -0.39 is 11.7 Å². The first-order valence-electron chi connectivity index (χ1n) is 12.2. The Hall–Kier alpha value is -3.50. The molecule has 2 aromatic heterocycles. The number of primary amides is 1. The highest BCUT2D eigenvalue weighted by Gasteiger charge is 2.24. The fourth-order valence-electron chi connectivity index (χ4n) is 4.23. The van der Waals surface area contributed by atoms with E-state index in [9.17, 15) is 9.18 Å². The van der Waals surface area contributed by atoms with Crippen LogP contribution in [0.1, 0.15) is 49.4 Å². The maximum Gasteiger partial charge on any atom is 0.252 e. The molecule has 1 amide bonds. The quantitative estimate of drug-likeness (QED) is 0.329. The monoisotopic (exact) mass is 496 g/mol. The third-order valence-electron chi connectivity index (χ3n) is 6.49. The standard InChI is InChI=1S/C26H33FN6O3/c1-15(35-2)11-12-36-23-10-8-16-7-9-17(13-22(16)31-23)30-25-18(24(29)34)14-19(27)26(33-25)32-21-6-4-3-5-20(21)28/h7-10,13-15,20-21H,3-6,11-12,28H2,1-2H3,(H2,29,34)(H2,30,32,33). The Morgan fingerprint density at radius 1 is 1.17 bits per heavy atom. The lowest BCUT2D eigenvalue weighted by Gasteiger charge is -2.30. The number of methoxy groups -OCH3 is 1. The molecule has 3 aromatic rings. The maximum atomic E-state index is 14.8. The summed E-state index contributed by atoms with van der Waals surface area (Å²) in [5.74, 6) is -0.765. The lowest BCUT2D eigenvalue weighted by Crippen LogP contribution is -2.43. The predicted octanol–water partition coefficient (Wildman–Crippen LogP) is 4.10. The molecule has 0 spiro atoms. The normalized spacial score (nSPS) is 18.6. The van der Waals surface area contributed by atoms with Crippen molar-refractivity contribution in [3.8, 4) is 5.88 Å². The highest BCUT2D eigenvalue weighted by Crippen LogP contribution is 2.28. The van der Waals surface area contributed by atoms with Crippen LogP contribution in [0.3, 0.4) is 0 Å². The van der Waals surface area contributed by atoms with Gasteiger partial charge in [0.05, 0.1) is 23.8 Å². The summed E-state index contributed by atoms with van der Waals surface area (Å²) < 4.78 is 25.8. The number of pyridine rings is 2. The van der Waals surface area contributed by atoms with Crippen LogP contribution in [0.2, 0.25) is 0 Å². The summed E-state index contributed by atoms with van der Waals surface area (Å²) in [5, 5.41) is 7.13. The van der Waals surface area contributed by atoms with E-state index in [-0.39, 0.29) is 35.4 Å². The van der Waals surface area contributed by atoms with E-state index in [4.69, 9.17) is 20.9 Å². The van der Waals surface area contributed by atoms with Gasteiger partial charge in [-0.3, -0.25) is 4.79 Å². The number of ether oxygens (including phenoxy) is 2. The number of nitrogens with two attached hydrogens (primary N) is 2. The van der Waals surface area contributed by atoms with Crippen molar-refractivity contribution in [2.24, 2.45) is 11.5 Å². The predicted molar refractivity (Wildman–Crippen MR) is 138 cm³/mol. The van der Waals surface area contributed by atoms with E-state index in [2.05, 4.69) is 20.6 Å². The van der Waals surface area contributed by atoms with Gasteiger partial charge in [-0.15, -0.1) is 0 Å². The number of fused-ring (bicyclic) bond motifs is 1. The SMILES string of the molecule is COC(C)CCOc1ccc2ccc(Nc3nc(NC4CCCCC4N)c(F)cc3C(N)=O)cc2n1. The number of hydrogen-bond donors (Lipinski definition) is 4. The molecule has 192 valence electrons. The summed E-state index contributed by atoms with van der Waals surface area (Å²) in [4.78, 5) is 21.0. The number of nitrogens with one attached hydrogen (secondary N) is 2. The average Bonchev–Trinajstić information content (AvgIpc) is 2.86. The van der Waals surface area contributed by atoms with Gasteiger partial charge < -0.3 is 31.6 Å². The Morgan fingerprint density at radius 3 is 2.69 bits per heavy atom. The van der Waals surface area contributed by atoms with E-state index in [1.807, 2.05) is 31.2 Å². The van der Waals surface area contributed by atoms with Crippen LogP contribution in [0, 0.1) is 5.82 Å². The van der Waals surface area contributed by atoms with Crippen LogP contribution in [-0.2, 0) is 4.74 Å². The lowest BCUT2D eigenvalue weighted by atomic mass is 9.91. The van der Waals surface area contributed by atoms with Crippen molar-refractivity contribution in [2.75, 3.05) is 24.4 Å². The highest BCUT2D eigenvalue weighted by molar-refractivity contribution is 5.99. The van der Waals surface area contributed by atoms with Crippen LogP contribution in [-0.4, -0.2) is 47.8 Å².